The Balaban J connectivity index is 2.59. The molecular weight excluding hydrogens is 190 g/mol. The first-order valence-electron chi connectivity index (χ1n) is 4.96. The molecule has 0 saturated carbocycles. The fourth-order valence-electron chi connectivity index (χ4n) is 1.70. The first-order valence-corrected chi connectivity index (χ1v) is 4.96. The highest BCUT2D eigenvalue weighted by molar-refractivity contribution is 5.92. The van der Waals surface area contributed by atoms with Crippen LogP contribution in [0.15, 0.2) is 18.2 Å². The Hall–Kier alpha value is -1.77. The Kier molecular flexibility index (Phi) is 2.46. The van der Waals surface area contributed by atoms with Crippen molar-refractivity contribution in [3.8, 4) is 5.75 Å². The predicted molar refractivity (Wildman–Crippen MR) is 59.6 cm³/mol. The minimum Gasteiger partial charge on any atom is -0.494 e. The predicted octanol–water partition coefficient (Wildman–Crippen LogP) is 2.69. The third kappa shape index (κ3) is 1.61. The molecule has 1 aromatic carbocycles. The molecule has 0 spiro atoms. The van der Waals surface area contributed by atoms with Gasteiger partial charge in [0.1, 0.15) is 5.75 Å². The van der Waals surface area contributed by atoms with Gasteiger partial charge in [0.25, 0.3) is 0 Å². The van der Waals surface area contributed by atoms with Crippen LogP contribution in [0.1, 0.15) is 23.0 Å². The standard InChI is InChI=1S/C12H13NO2/c1-3-15-9-4-5-11-10(6-9)8(2)12(7-14)13-11/h4-7,13H,3H2,1-2H3. The summed E-state index contributed by atoms with van der Waals surface area (Å²) in [5, 5.41) is 1.04. The van der Waals surface area contributed by atoms with Gasteiger partial charge in [0.15, 0.2) is 6.29 Å². The van der Waals surface area contributed by atoms with Gasteiger partial charge in [0.2, 0.25) is 0 Å². The minimum atomic E-state index is 0.638. The maximum Gasteiger partial charge on any atom is 0.166 e. The van der Waals surface area contributed by atoms with Crippen molar-refractivity contribution in [2.75, 3.05) is 6.61 Å². The summed E-state index contributed by atoms with van der Waals surface area (Å²) in [6.07, 6.45) is 0.843. The summed E-state index contributed by atoms with van der Waals surface area (Å²) in [7, 11) is 0. The zero-order chi connectivity index (χ0) is 10.8. The van der Waals surface area contributed by atoms with Crippen LogP contribution in [0.3, 0.4) is 0 Å². The maximum absolute atomic E-state index is 10.7. The highest BCUT2D eigenvalue weighted by Crippen LogP contribution is 2.25. The largest absolute Gasteiger partial charge is 0.494 e. The van der Waals surface area contributed by atoms with Crippen LogP contribution in [0.25, 0.3) is 10.9 Å². The molecule has 0 saturated heterocycles. The fourth-order valence-corrected chi connectivity index (χ4v) is 1.70. The summed E-state index contributed by atoms with van der Waals surface area (Å²) >= 11 is 0. The topological polar surface area (TPSA) is 42.1 Å². The second kappa shape index (κ2) is 3.77. The number of hydrogen-bond acceptors (Lipinski definition) is 2. The quantitative estimate of drug-likeness (QED) is 0.779. The van der Waals surface area contributed by atoms with Gasteiger partial charge in [-0.15, -0.1) is 0 Å². The van der Waals surface area contributed by atoms with E-state index in [4.69, 9.17) is 4.74 Å². The van der Waals surface area contributed by atoms with Crippen LogP contribution >= 0.6 is 0 Å². The van der Waals surface area contributed by atoms with Gasteiger partial charge in [-0.1, -0.05) is 0 Å². The Morgan fingerprint density at radius 3 is 2.93 bits per heavy atom. The highest BCUT2D eigenvalue weighted by atomic mass is 16.5. The molecule has 0 atom stereocenters. The highest BCUT2D eigenvalue weighted by Gasteiger charge is 2.07. The molecule has 0 aliphatic heterocycles. The van der Waals surface area contributed by atoms with Crippen molar-refractivity contribution in [1.82, 2.24) is 4.98 Å². The van der Waals surface area contributed by atoms with Gasteiger partial charge in [0.05, 0.1) is 12.3 Å². The lowest BCUT2D eigenvalue weighted by atomic mass is 10.1. The van der Waals surface area contributed by atoms with Gasteiger partial charge in [-0.25, -0.2) is 0 Å². The molecule has 0 radical (unpaired) electrons. The van der Waals surface area contributed by atoms with Crippen LogP contribution < -0.4 is 4.74 Å². The molecule has 0 bridgehead atoms. The third-order valence-electron chi connectivity index (χ3n) is 2.50. The SMILES string of the molecule is CCOc1ccc2[nH]c(C=O)c(C)c2c1. The number of carbonyl (C=O) groups excluding carboxylic acids is 1. The Bertz CT molecular complexity index is 500. The van der Waals surface area contributed by atoms with E-state index in [-0.39, 0.29) is 0 Å². The van der Waals surface area contributed by atoms with Crippen LogP contribution in [-0.4, -0.2) is 17.9 Å². The average Bonchev–Trinajstić information content (AvgIpc) is 2.56. The average molecular weight is 203 g/mol. The van der Waals surface area contributed by atoms with Crippen molar-refractivity contribution in [2.24, 2.45) is 0 Å². The molecule has 1 N–H and O–H groups in total. The van der Waals surface area contributed by atoms with Crippen molar-refractivity contribution in [2.45, 2.75) is 13.8 Å². The van der Waals surface area contributed by atoms with Gasteiger partial charge in [-0.3, -0.25) is 4.79 Å². The van der Waals surface area contributed by atoms with Crippen LogP contribution in [0.2, 0.25) is 0 Å². The zero-order valence-electron chi connectivity index (χ0n) is 8.83. The lowest BCUT2D eigenvalue weighted by Crippen LogP contribution is -1.90. The number of fused-ring (bicyclic) bond motifs is 1. The molecule has 78 valence electrons. The molecule has 3 nitrogen and oxygen atoms in total. The number of H-pyrrole nitrogens is 1. The summed E-state index contributed by atoms with van der Waals surface area (Å²) in [6.45, 7) is 4.53. The second-order valence-electron chi connectivity index (χ2n) is 3.42. The molecule has 2 rings (SSSR count). The normalized spacial score (nSPS) is 10.5. The number of aromatic nitrogens is 1. The van der Waals surface area contributed by atoms with Crippen molar-refractivity contribution < 1.29 is 9.53 Å². The Morgan fingerprint density at radius 1 is 1.47 bits per heavy atom. The van der Waals surface area contributed by atoms with E-state index in [9.17, 15) is 4.79 Å². The molecule has 0 amide bonds. The molecule has 0 aliphatic rings. The second-order valence-corrected chi connectivity index (χ2v) is 3.42. The summed E-state index contributed by atoms with van der Waals surface area (Å²) in [4.78, 5) is 13.8. The van der Waals surface area contributed by atoms with Crippen LogP contribution in [0.4, 0.5) is 0 Å². The van der Waals surface area contributed by atoms with Crippen molar-refractivity contribution >= 4 is 17.2 Å². The fraction of sp³-hybridized carbons (Fsp3) is 0.250. The smallest absolute Gasteiger partial charge is 0.166 e. The van der Waals surface area contributed by atoms with Gasteiger partial charge in [0, 0.05) is 10.9 Å². The van der Waals surface area contributed by atoms with Crippen LogP contribution in [0, 0.1) is 6.92 Å². The van der Waals surface area contributed by atoms with E-state index in [1.54, 1.807) is 0 Å². The molecule has 1 aromatic heterocycles. The molecule has 0 unspecified atom stereocenters. The molecule has 1 heterocycles. The number of hydrogen-bond donors (Lipinski definition) is 1. The Morgan fingerprint density at radius 2 is 2.27 bits per heavy atom. The number of aryl methyl sites for hydroxylation is 1. The number of aldehydes is 1. The lowest BCUT2D eigenvalue weighted by molar-refractivity contribution is 0.111. The maximum atomic E-state index is 10.7. The van der Waals surface area contributed by atoms with E-state index in [1.165, 1.54) is 0 Å². The zero-order valence-corrected chi connectivity index (χ0v) is 8.83. The van der Waals surface area contributed by atoms with Gasteiger partial charge < -0.3 is 9.72 Å². The van der Waals surface area contributed by atoms with Crippen LogP contribution in [0.5, 0.6) is 5.75 Å². The number of benzene rings is 1. The van der Waals surface area contributed by atoms with E-state index in [1.807, 2.05) is 32.0 Å². The van der Waals surface area contributed by atoms with E-state index < -0.39 is 0 Å². The number of aromatic amines is 1. The van der Waals surface area contributed by atoms with Crippen molar-refractivity contribution in [3.63, 3.8) is 0 Å². The number of carbonyl (C=O) groups is 1. The molecule has 3 heteroatoms. The molecule has 0 aliphatic carbocycles. The van der Waals surface area contributed by atoms with Crippen molar-refractivity contribution in [3.05, 3.63) is 29.5 Å². The molecule has 0 fully saturated rings. The summed E-state index contributed by atoms with van der Waals surface area (Å²) in [5.41, 5.74) is 2.58. The molecule has 15 heavy (non-hydrogen) atoms. The lowest BCUT2D eigenvalue weighted by Gasteiger charge is -2.02. The third-order valence-corrected chi connectivity index (χ3v) is 2.50. The first-order chi connectivity index (χ1) is 7.26. The van der Waals surface area contributed by atoms with Gasteiger partial charge in [-0.2, -0.15) is 0 Å². The van der Waals surface area contributed by atoms with Gasteiger partial charge in [-0.05, 0) is 37.6 Å². The monoisotopic (exact) mass is 203 g/mol. The summed E-state index contributed by atoms with van der Waals surface area (Å²) in [5.74, 6) is 0.838. The first kappa shape index (κ1) is 9.77. The summed E-state index contributed by atoms with van der Waals surface area (Å²) < 4.78 is 5.41. The number of nitrogens with one attached hydrogen (secondary N) is 1. The number of ether oxygens (including phenoxy) is 1. The van der Waals surface area contributed by atoms with Gasteiger partial charge >= 0.3 is 0 Å². The minimum absolute atomic E-state index is 0.638. The van der Waals surface area contributed by atoms with E-state index in [2.05, 4.69) is 4.98 Å². The number of rotatable bonds is 3. The van der Waals surface area contributed by atoms with Crippen LogP contribution in [-0.2, 0) is 0 Å². The molecule has 2 aromatic rings. The summed E-state index contributed by atoms with van der Waals surface area (Å²) in [6, 6.07) is 5.79. The van der Waals surface area contributed by atoms with E-state index >= 15 is 0 Å². The Labute approximate surface area is 88.1 Å². The van der Waals surface area contributed by atoms with E-state index in [0.29, 0.717) is 12.3 Å². The molecular formula is C12H13NO2. The van der Waals surface area contributed by atoms with E-state index in [0.717, 1.165) is 28.5 Å². The van der Waals surface area contributed by atoms with Crippen molar-refractivity contribution in [1.29, 1.82) is 0 Å².